The molecule has 188 valence electrons. The van der Waals surface area contributed by atoms with Crippen molar-refractivity contribution in [3.8, 4) is 11.5 Å². The van der Waals surface area contributed by atoms with E-state index in [1.165, 1.54) is 0 Å². The van der Waals surface area contributed by atoms with Crippen LogP contribution in [0.1, 0.15) is 18.4 Å². The first kappa shape index (κ1) is 24.9. The van der Waals surface area contributed by atoms with Gasteiger partial charge in [-0.1, -0.05) is 18.2 Å². The van der Waals surface area contributed by atoms with Crippen molar-refractivity contribution in [1.29, 1.82) is 0 Å². The molecular formula is C27H33N7O2. The number of benzene rings is 2. The van der Waals surface area contributed by atoms with Gasteiger partial charge in [0.05, 0.1) is 35.0 Å². The number of rotatable bonds is 10. The topological polar surface area (TPSA) is 109 Å². The molecule has 0 spiro atoms. The number of nitrogens with two attached hydrogens (primary N) is 1. The number of nitrogen functional groups attached to an aromatic ring is 1. The van der Waals surface area contributed by atoms with Gasteiger partial charge in [-0.05, 0) is 76.8 Å². The number of hydrogen-bond donors (Lipinski definition) is 4. The van der Waals surface area contributed by atoms with Gasteiger partial charge in [-0.3, -0.25) is 0 Å². The van der Waals surface area contributed by atoms with Crippen molar-refractivity contribution in [2.75, 3.05) is 43.6 Å². The third-order valence-electron chi connectivity index (χ3n) is 5.75. The third-order valence-corrected chi connectivity index (χ3v) is 5.75. The number of ether oxygens (including phenoxy) is 1. The minimum absolute atomic E-state index is 0.240. The number of unbranched alkanes of at least 4 members (excludes halogenated alkanes) is 1. The molecule has 0 aliphatic carbocycles. The van der Waals surface area contributed by atoms with Gasteiger partial charge in [-0.2, -0.15) is 5.10 Å². The molecule has 0 aliphatic rings. The number of hydrogen-bond acceptors (Lipinski definition) is 6. The monoisotopic (exact) mass is 487 g/mol. The van der Waals surface area contributed by atoms with E-state index in [9.17, 15) is 4.79 Å². The predicted octanol–water partition coefficient (Wildman–Crippen LogP) is 5.22. The maximum atomic E-state index is 12.4. The molecule has 0 aliphatic heterocycles. The molecule has 2 heterocycles. The maximum absolute atomic E-state index is 12.4. The van der Waals surface area contributed by atoms with Crippen LogP contribution in [0.25, 0.3) is 5.52 Å². The van der Waals surface area contributed by atoms with Crippen LogP contribution in [0.5, 0.6) is 11.5 Å². The molecule has 0 saturated heterocycles. The normalized spacial score (nSPS) is 11.0. The predicted molar refractivity (Wildman–Crippen MR) is 145 cm³/mol. The molecule has 5 N–H and O–H groups in total. The fourth-order valence-electron chi connectivity index (χ4n) is 3.86. The largest absolute Gasteiger partial charge is 0.457 e. The molecule has 2 aromatic heterocycles. The zero-order valence-corrected chi connectivity index (χ0v) is 20.9. The molecular weight excluding hydrogens is 454 g/mol. The average molecular weight is 488 g/mol. The van der Waals surface area contributed by atoms with Crippen LogP contribution in [-0.4, -0.2) is 47.7 Å². The van der Waals surface area contributed by atoms with Crippen LogP contribution in [-0.2, 0) is 0 Å². The van der Waals surface area contributed by atoms with E-state index < -0.39 is 0 Å². The highest BCUT2D eigenvalue weighted by atomic mass is 16.5. The smallest absolute Gasteiger partial charge is 0.319 e. The van der Waals surface area contributed by atoms with Gasteiger partial charge in [0.1, 0.15) is 11.5 Å². The minimum atomic E-state index is -0.240. The molecule has 2 amide bonds. The first-order chi connectivity index (χ1) is 17.4. The second-order valence-electron chi connectivity index (χ2n) is 8.89. The Bertz CT molecular complexity index is 1300. The summed E-state index contributed by atoms with van der Waals surface area (Å²) in [5.74, 6) is 1.51. The fourth-order valence-corrected chi connectivity index (χ4v) is 3.86. The highest BCUT2D eigenvalue weighted by molar-refractivity contribution is 5.96. The molecule has 0 saturated carbocycles. The molecule has 0 fully saturated rings. The number of nitrogens with one attached hydrogen (secondary N) is 3. The van der Waals surface area contributed by atoms with Crippen LogP contribution in [0.2, 0.25) is 0 Å². The van der Waals surface area contributed by atoms with Crippen molar-refractivity contribution < 1.29 is 9.53 Å². The number of para-hydroxylation sites is 1. The second kappa shape index (κ2) is 11.5. The number of anilines is 4. The van der Waals surface area contributed by atoms with Crippen LogP contribution >= 0.6 is 0 Å². The Kier molecular flexibility index (Phi) is 7.92. The number of fused-ring (bicyclic) bond motifs is 1. The van der Waals surface area contributed by atoms with Crippen molar-refractivity contribution in [3.63, 3.8) is 0 Å². The van der Waals surface area contributed by atoms with Crippen molar-refractivity contribution >= 4 is 34.3 Å². The quantitative estimate of drug-likeness (QED) is 0.228. The molecule has 0 unspecified atom stereocenters. The van der Waals surface area contributed by atoms with Crippen molar-refractivity contribution in [2.45, 2.75) is 19.8 Å². The van der Waals surface area contributed by atoms with E-state index in [2.05, 4.69) is 25.9 Å². The van der Waals surface area contributed by atoms with E-state index >= 15 is 0 Å². The summed E-state index contributed by atoms with van der Waals surface area (Å²) in [5.41, 5.74) is 10.7. The van der Waals surface area contributed by atoms with E-state index in [1.54, 1.807) is 16.9 Å². The highest BCUT2D eigenvalue weighted by Gasteiger charge is 2.16. The summed E-state index contributed by atoms with van der Waals surface area (Å²) in [6, 6.07) is 17.0. The molecule has 0 radical (unpaired) electrons. The van der Waals surface area contributed by atoms with Gasteiger partial charge in [-0.25, -0.2) is 9.31 Å². The van der Waals surface area contributed by atoms with E-state index in [-0.39, 0.29) is 6.03 Å². The minimum Gasteiger partial charge on any atom is -0.457 e. The van der Waals surface area contributed by atoms with Gasteiger partial charge >= 0.3 is 6.03 Å². The zero-order chi connectivity index (χ0) is 25.5. The summed E-state index contributed by atoms with van der Waals surface area (Å²) in [6.45, 7) is 3.55. The lowest BCUT2D eigenvalue weighted by atomic mass is 10.2. The molecule has 9 heteroatoms. The summed E-state index contributed by atoms with van der Waals surface area (Å²) in [4.78, 5) is 14.6. The van der Waals surface area contributed by atoms with Crippen LogP contribution in [0.3, 0.4) is 0 Å². The third kappa shape index (κ3) is 6.25. The first-order valence-electron chi connectivity index (χ1n) is 12.0. The fraction of sp³-hybridized carbons (Fsp3) is 0.259. The summed E-state index contributed by atoms with van der Waals surface area (Å²) in [7, 11) is 4.08. The van der Waals surface area contributed by atoms with Crippen LogP contribution < -0.4 is 26.4 Å². The Balaban J connectivity index is 1.45. The Morgan fingerprint density at radius 3 is 2.50 bits per heavy atom. The highest BCUT2D eigenvalue weighted by Crippen LogP contribution is 2.34. The van der Waals surface area contributed by atoms with Gasteiger partial charge < -0.3 is 31.3 Å². The molecule has 2 aromatic carbocycles. The Morgan fingerprint density at radius 1 is 1.06 bits per heavy atom. The zero-order valence-electron chi connectivity index (χ0n) is 20.9. The van der Waals surface area contributed by atoms with Gasteiger partial charge in [-0.15, -0.1) is 0 Å². The first-order valence-corrected chi connectivity index (χ1v) is 12.0. The van der Waals surface area contributed by atoms with Gasteiger partial charge in [0.25, 0.3) is 0 Å². The number of nitrogens with zero attached hydrogens (tertiary/aromatic N) is 3. The molecule has 9 nitrogen and oxygen atoms in total. The lowest BCUT2D eigenvalue weighted by Crippen LogP contribution is -2.30. The molecule has 4 rings (SSSR count). The summed E-state index contributed by atoms with van der Waals surface area (Å²) in [6.07, 6.45) is 5.33. The van der Waals surface area contributed by atoms with E-state index in [1.807, 2.05) is 75.6 Å². The van der Waals surface area contributed by atoms with E-state index in [0.717, 1.165) is 53.3 Å². The molecule has 0 atom stereocenters. The van der Waals surface area contributed by atoms with Crippen molar-refractivity contribution in [1.82, 2.24) is 19.8 Å². The van der Waals surface area contributed by atoms with Crippen molar-refractivity contribution in [3.05, 3.63) is 72.6 Å². The van der Waals surface area contributed by atoms with Gasteiger partial charge in [0.2, 0.25) is 0 Å². The van der Waals surface area contributed by atoms with Gasteiger partial charge in [0, 0.05) is 17.8 Å². The lowest BCUT2D eigenvalue weighted by Gasteiger charge is -2.13. The standard InChI is InChI=1S/C27H33N7O2/c1-19-24(32-27(35)29-15-7-8-16-33(2)3)18-34-26(19)25(23(28)17-30-34)31-20-11-13-22(14-12-20)36-21-9-5-4-6-10-21/h4-6,9-14,17-18,31H,7-8,15-16,28H2,1-3H3,(H2,29,32,35). The molecule has 36 heavy (non-hydrogen) atoms. The van der Waals surface area contributed by atoms with E-state index in [4.69, 9.17) is 10.5 Å². The van der Waals surface area contributed by atoms with Crippen LogP contribution in [0, 0.1) is 6.92 Å². The molecule has 0 bridgehead atoms. The Hall–Kier alpha value is -4.24. The SMILES string of the molecule is Cc1c(NC(=O)NCCCCN(C)C)cn2ncc(N)c(Nc3ccc(Oc4ccccc4)cc3)c12. The second-order valence-corrected chi connectivity index (χ2v) is 8.89. The van der Waals surface area contributed by atoms with Crippen molar-refractivity contribution in [2.24, 2.45) is 0 Å². The number of carbonyl (C=O) groups excluding carboxylic acids is 1. The summed E-state index contributed by atoms with van der Waals surface area (Å²) >= 11 is 0. The van der Waals surface area contributed by atoms with Crippen LogP contribution in [0.4, 0.5) is 27.5 Å². The number of carbonyl (C=O) groups is 1. The maximum Gasteiger partial charge on any atom is 0.319 e. The Morgan fingerprint density at radius 2 is 1.78 bits per heavy atom. The lowest BCUT2D eigenvalue weighted by molar-refractivity contribution is 0.251. The summed E-state index contributed by atoms with van der Waals surface area (Å²) in [5, 5.41) is 13.6. The van der Waals surface area contributed by atoms with Crippen LogP contribution in [0.15, 0.2) is 67.0 Å². The Labute approximate surface area is 211 Å². The number of amides is 2. The summed E-state index contributed by atoms with van der Waals surface area (Å²) < 4.78 is 7.59. The number of aryl methyl sites for hydroxylation is 1. The van der Waals surface area contributed by atoms with E-state index in [0.29, 0.717) is 17.9 Å². The average Bonchev–Trinajstić information content (AvgIpc) is 3.17. The number of urea groups is 1. The van der Waals surface area contributed by atoms with Gasteiger partial charge in [0.15, 0.2) is 0 Å². The molecule has 4 aromatic rings. The number of aromatic nitrogens is 2.